The molecule has 0 radical (unpaired) electrons. The molecule has 1 aliphatic carbocycles. The van der Waals surface area contributed by atoms with Crippen LogP contribution in [0.2, 0.25) is 0 Å². The maximum absolute atomic E-state index is 6.11. The highest BCUT2D eigenvalue weighted by Gasteiger charge is 2.20. The first-order chi connectivity index (χ1) is 8.79. The third-order valence-electron chi connectivity index (χ3n) is 3.95. The molecule has 18 heavy (non-hydrogen) atoms. The van der Waals surface area contributed by atoms with Gasteiger partial charge in [-0.25, -0.2) is 0 Å². The Morgan fingerprint density at radius 1 is 1.17 bits per heavy atom. The summed E-state index contributed by atoms with van der Waals surface area (Å²) >= 11 is 3.61. The van der Waals surface area contributed by atoms with Crippen LogP contribution in [0.3, 0.4) is 0 Å². The quantitative estimate of drug-likeness (QED) is 0.712. The number of hydrogen-bond donors (Lipinski definition) is 0. The minimum Gasteiger partial charge on any atom is -0.378 e. The summed E-state index contributed by atoms with van der Waals surface area (Å²) in [6.07, 6.45) is 5.63. The van der Waals surface area contributed by atoms with Crippen molar-refractivity contribution in [1.82, 2.24) is 0 Å². The van der Waals surface area contributed by atoms with Crippen LogP contribution in [0, 0.1) is 5.92 Å². The Morgan fingerprint density at radius 3 is 2.44 bits per heavy atom. The smallest absolute Gasteiger partial charge is 0.0575 e. The van der Waals surface area contributed by atoms with Crippen LogP contribution in [-0.2, 0) is 4.74 Å². The van der Waals surface area contributed by atoms with Gasteiger partial charge in [0.15, 0.2) is 0 Å². The van der Waals surface area contributed by atoms with E-state index in [-0.39, 0.29) is 0 Å². The van der Waals surface area contributed by atoms with Gasteiger partial charge in [0.1, 0.15) is 0 Å². The second-order valence-electron chi connectivity index (χ2n) is 5.48. The molecule has 0 bridgehead atoms. The van der Waals surface area contributed by atoms with Crippen molar-refractivity contribution >= 4 is 15.9 Å². The van der Waals surface area contributed by atoms with E-state index in [4.69, 9.17) is 4.74 Å². The molecule has 0 N–H and O–H groups in total. The molecular formula is C16H23BrO. The Balaban J connectivity index is 1.81. The van der Waals surface area contributed by atoms with Crippen molar-refractivity contribution in [3.8, 4) is 0 Å². The van der Waals surface area contributed by atoms with Gasteiger partial charge in [-0.05, 0) is 37.2 Å². The lowest BCUT2D eigenvalue weighted by molar-refractivity contribution is 0.0145. The number of halogens is 1. The van der Waals surface area contributed by atoms with Gasteiger partial charge in [-0.1, -0.05) is 53.2 Å². The van der Waals surface area contributed by atoms with E-state index in [0.29, 0.717) is 12.0 Å². The molecular weight excluding hydrogens is 288 g/mol. The van der Waals surface area contributed by atoms with Crippen molar-refractivity contribution in [3.63, 3.8) is 0 Å². The summed E-state index contributed by atoms with van der Waals surface area (Å²) in [6, 6.07) is 10.7. The van der Waals surface area contributed by atoms with E-state index < -0.39 is 0 Å². The molecule has 0 heterocycles. The Labute approximate surface area is 119 Å². The third-order valence-corrected chi connectivity index (χ3v) is 4.73. The molecule has 1 atom stereocenters. The topological polar surface area (TPSA) is 9.23 Å². The van der Waals surface area contributed by atoms with E-state index in [9.17, 15) is 0 Å². The predicted octanol–water partition coefficient (Wildman–Crippen LogP) is 4.76. The number of ether oxygens (including phenoxy) is 1. The summed E-state index contributed by atoms with van der Waals surface area (Å²) in [5, 5.41) is 0.972. The van der Waals surface area contributed by atoms with Crippen LogP contribution in [0.1, 0.15) is 44.1 Å². The zero-order valence-electron chi connectivity index (χ0n) is 11.1. The number of benzene rings is 1. The molecule has 100 valence electrons. The molecule has 1 unspecified atom stereocenters. The number of rotatable bonds is 5. The van der Waals surface area contributed by atoms with E-state index in [0.717, 1.165) is 17.9 Å². The van der Waals surface area contributed by atoms with Gasteiger partial charge in [0.2, 0.25) is 0 Å². The average Bonchev–Trinajstić information content (AvgIpc) is 2.43. The molecule has 1 aliphatic rings. The Hall–Kier alpha value is -0.340. The number of hydrogen-bond acceptors (Lipinski definition) is 1. The zero-order chi connectivity index (χ0) is 12.8. The summed E-state index contributed by atoms with van der Waals surface area (Å²) < 4.78 is 6.11. The molecule has 1 fully saturated rings. The second-order valence-corrected chi connectivity index (χ2v) is 6.12. The first-order valence-corrected chi connectivity index (χ1v) is 8.14. The molecule has 1 aromatic carbocycles. The van der Waals surface area contributed by atoms with Crippen molar-refractivity contribution in [2.24, 2.45) is 5.92 Å². The number of alkyl halides is 1. The minimum atomic E-state index is 0.477. The first kappa shape index (κ1) is 14.1. The molecule has 0 aromatic heterocycles. The third kappa shape index (κ3) is 4.10. The highest BCUT2D eigenvalue weighted by molar-refractivity contribution is 9.09. The van der Waals surface area contributed by atoms with Crippen LogP contribution in [0.5, 0.6) is 0 Å². The fraction of sp³-hybridized carbons (Fsp3) is 0.625. The van der Waals surface area contributed by atoms with E-state index in [2.05, 4.69) is 53.2 Å². The molecule has 1 saturated carbocycles. The molecule has 1 aromatic rings. The maximum Gasteiger partial charge on any atom is 0.0575 e. The molecule has 0 saturated heterocycles. The molecule has 2 rings (SSSR count). The summed E-state index contributed by atoms with van der Waals surface area (Å²) in [7, 11) is 0. The largest absolute Gasteiger partial charge is 0.378 e. The van der Waals surface area contributed by atoms with Crippen molar-refractivity contribution < 1.29 is 4.74 Å². The minimum absolute atomic E-state index is 0.477. The van der Waals surface area contributed by atoms with Crippen molar-refractivity contribution in [2.45, 2.75) is 44.6 Å². The second kappa shape index (κ2) is 7.30. The standard InChI is InChI=1S/C16H23BrO/c1-13-7-9-16(10-8-13)18-12-15(11-17)14-5-3-2-4-6-14/h2-6,13,15-16H,7-12H2,1H3. The first-order valence-electron chi connectivity index (χ1n) is 7.02. The van der Waals surface area contributed by atoms with Crippen LogP contribution in [0.4, 0.5) is 0 Å². The summed E-state index contributed by atoms with van der Waals surface area (Å²) in [6.45, 7) is 3.19. The lowest BCUT2D eigenvalue weighted by Crippen LogP contribution is -2.23. The van der Waals surface area contributed by atoms with E-state index >= 15 is 0 Å². The molecule has 0 amide bonds. The predicted molar refractivity (Wildman–Crippen MR) is 80.3 cm³/mol. The van der Waals surface area contributed by atoms with Crippen LogP contribution < -0.4 is 0 Å². The van der Waals surface area contributed by atoms with Gasteiger partial charge in [0.25, 0.3) is 0 Å². The van der Waals surface area contributed by atoms with Crippen molar-refractivity contribution in [1.29, 1.82) is 0 Å². The van der Waals surface area contributed by atoms with Gasteiger partial charge in [-0.15, -0.1) is 0 Å². The highest BCUT2D eigenvalue weighted by Crippen LogP contribution is 2.27. The summed E-state index contributed by atoms with van der Waals surface area (Å²) in [4.78, 5) is 0. The van der Waals surface area contributed by atoms with Crippen LogP contribution >= 0.6 is 15.9 Å². The van der Waals surface area contributed by atoms with Gasteiger partial charge in [0, 0.05) is 11.2 Å². The summed E-state index contributed by atoms with van der Waals surface area (Å²) in [5.74, 6) is 1.37. The van der Waals surface area contributed by atoms with Gasteiger partial charge in [-0.3, -0.25) is 0 Å². The molecule has 2 heteroatoms. The lowest BCUT2D eigenvalue weighted by atomic mass is 9.89. The van der Waals surface area contributed by atoms with Crippen molar-refractivity contribution in [3.05, 3.63) is 35.9 Å². The van der Waals surface area contributed by atoms with E-state index in [1.54, 1.807) is 0 Å². The van der Waals surface area contributed by atoms with Gasteiger partial charge in [-0.2, -0.15) is 0 Å². The SMILES string of the molecule is CC1CCC(OCC(CBr)c2ccccc2)CC1. The average molecular weight is 311 g/mol. The summed E-state index contributed by atoms with van der Waals surface area (Å²) in [5.41, 5.74) is 1.37. The van der Waals surface area contributed by atoms with Crippen LogP contribution in [0.15, 0.2) is 30.3 Å². The fourth-order valence-electron chi connectivity index (χ4n) is 2.60. The Kier molecular flexibility index (Phi) is 5.71. The zero-order valence-corrected chi connectivity index (χ0v) is 12.7. The van der Waals surface area contributed by atoms with Crippen LogP contribution in [-0.4, -0.2) is 18.0 Å². The monoisotopic (exact) mass is 310 g/mol. The van der Waals surface area contributed by atoms with Gasteiger partial charge in [0.05, 0.1) is 12.7 Å². The van der Waals surface area contributed by atoms with Gasteiger partial charge < -0.3 is 4.74 Å². The van der Waals surface area contributed by atoms with E-state index in [1.807, 2.05) is 0 Å². The molecule has 1 nitrogen and oxygen atoms in total. The lowest BCUT2D eigenvalue weighted by Gasteiger charge is -2.27. The Bertz CT molecular complexity index is 330. The fourth-order valence-corrected chi connectivity index (χ4v) is 3.16. The van der Waals surface area contributed by atoms with E-state index in [1.165, 1.54) is 31.2 Å². The maximum atomic E-state index is 6.11. The normalized spacial score (nSPS) is 25.9. The van der Waals surface area contributed by atoms with Crippen molar-refractivity contribution in [2.75, 3.05) is 11.9 Å². The van der Waals surface area contributed by atoms with Crippen LogP contribution in [0.25, 0.3) is 0 Å². The molecule has 0 spiro atoms. The Morgan fingerprint density at radius 2 is 1.83 bits per heavy atom. The van der Waals surface area contributed by atoms with Gasteiger partial charge >= 0.3 is 0 Å². The highest BCUT2D eigenvalue weighted by atomic mass is 79.9. The molecule has 0 aliphatic heterocycles.